The lowest BCUT2D eigenvalue weighted by Crippen LogP contribution is -2.21. The summed E-state index contributed by atoms with van der Waals surface area (Å²) in [6.45, 7) is 0.0995. The minimum absolute atomic E-state index is 0.00163. The molecule has 4 aromatic rings. The monoisotopic (exact) mass is 494 g/mol. The summed E-state index contributed by atoms with van der Waals surface area (Å²) >= 11 is -3.59. The fourth-order valence-electron chi connectivity index (χ4n) is 3.05. The molecule has 0 amide bonds. The van der Waals surface area contributed by atoms with Gasteiger partial charge in [-0.15, -0.1) is 0 Å². The Kier molecular flexibility index (Phi) is 6.79. The number of pyridine rings is 2. The number of rotatable bonds is 7. The van der Waals surface area contributed by atoms with Gasteiger partial charge in [-0.05, 0) is 37.3 Å². The molecule has 0 saturated carbocycles. The highest BCUT2D eigenvalue weighted by Crippen LogP contribution is 2.29. The van der Waals surface area contributed by atoms with Gasteiger partial charge in [0.2, 0.25) is 0 Å². The van der Waals surface area contributed by atoms with Crippen LogP contribution in [0.4, 0.5) is 13.2 Å². The van der Waals surface area contributed by atoms with E-state index in [2.05, 4.69) is 15.0 Å². The zero-order chi connectivity index (χ0) is 23.6. The SMILES string of the molecule is Cc1c(OCC(F)(F)F)ccnc1C[S+]([O-])c1nc2ccccc2n1[S+]([O-])c1cccnc1. The van der Waals surface area contributed by atoms with Gasteiger partial charge in [-0.25, -0.2) is 0 Å². The van der Waals surface area contributed by atoms with Crippen LogP contribution in [-0.4, -0.2) is 40.8 Å². The molecular formula is C21H17F3N4O3S2. The summed E-state index contributed by atoms with van der Waals surface area (Å²) in [4.78, 5) is 13.0. The average molecular weight is 495 g/mol. The Morgan fingerprint density at radius 3 is 2.58 bits per heavy atom. The van der Waals surface area contributed by atoms with Crippen molar-refractivity contribution in [3.63, 3.8) is 0 Å². The van der Waals surface area contributed by atoms with Gasteiger partial charge in [-0.3, -0.25) is 9.97 Å². The molecule has 0 bridgehead atoms. The minimum Gasteiger partial charge on any atom is -0.609 e. The minimum atomic E-state index is -4.49. The molecular weight excluding hydrogens is 477 g/mol. The van der Waals surface area contributed by atoms with Gasteiger partial charge in [0.1, 0.15) is 22.6 Å². The molecule has 0 N–H and O–H groups in total. The first-order chi connectivity index (χ1) is 15.7. The average Bonchev–Trinajstić information content (AvgIpc) is 3.19. The van der Waals surface area contributed by atoms with Gasteiger partial charge in [0, 0.05) is 29.1 Å². The van der Waals surface area contributed by atoms with E-state index in [9.17, 15) is 22.3 Å². The van der Waals surface area contributed by atoms with Crippen molar-refractivity contribution in [2.45, 2.75) is 28.9 Å². The first-order valence-electron chi connectivity index (χ1n) is 9.57. The molecule has 7 nitrogen and oxygen atoms in total. The number of hydrogen-bond acceptors (Lipinski definition) is 6. The second-order valence-electron chi connectivity index (χ2n) is 6.89. The van der Waals surface area contributed by atoms with Crippen LogP contribution in [-0.2, 0) is 28.3 Å². The lowest BCUT2D eigenvalue weighted by Gasteiger charge is -2.16. The Morgan fingerprint density at radius 1 is 1.06 bits per heavy atom. The number of alkyl halides is 3. The number of halogens is 3. The van der Waals surface area contributed by atoms with Crippen molar-refractivity contribution >= 4 is 33.6 Å². The van der Waals surface area contributed by atoms with Gasteiger partial charge in [-0.2, -0.15) is 18.2 Å². The zero-order valence-corrected chi connectivity index (χ0v) is 18.8. The molecule has 2 unspecified atom stereocenters. The van der Waals surface area contributed by atoms with Crippen LogP contribution in [0.2, 0.25) is 0 Å². The highest BCUT2D eigenvalue weighted by atomic mass is 32.2. The summed E-state index contributed by atoms with van der Waals surface area (Å²) in [6, 6.07) is 11.5. The summed E-state index contributed by atoms with van der Waals surface area (Å²) in [5.41, 5.74) is 1.66. The molecule has 0 spiro atoms. The Bertz CT molecular complexity index is 1250. The van der Waals surface area contributed by atoms with Crippen molar-refractivity contribution in [2.75, 3.05) is 6.61 Å². The van der Waals surface area contributed by atoms with Crippen molar-refractivity contribution in [1.29, 1.82) is 0 Å². The number of fused-ring (bicyclic) bond motifs is 1. The van der Waals surface area contributed by atoms with Gasteiger partial charge in [0.05, 0.1) is 17.4 Å². The summed E-state index contributed by atoms with van der Waals surface area (Å²) in [6.07, 6.45) is -0.194. The van der Waals surface area contributed by atoms with Crippen molar-refractivity contribution < 1.29 is 27.0 Å². The summed E-state index contributed by atoms with van der Waals surface area (Å²) in [7, 11) is 0. The van der Waals surface area contributed by atoms with Crippen LogP contribution in [0.5, 0.6) is 5.75 Å². The molecule has 0 fully saturated rings. The molecule has 12 heteroatoms. The maximum absolute atomic E-state index is 13.3. The lowest BCUT2D eigenvalue weighted by atomic mass is 10.2. The Morgan fingerprint density at radius 2 is 1.85 bits per heavy atom. The smallest absolute Gasteiger partial charge is 0.422 e. The van der Waals surface area contributed by atoms with Crippen molar-refractivity contribution in [1.82, 2.24) is 18.9 Å². The second-order valence-corrected chi connectivity index (χ2v) is 9.57. The van der Waals surface area contributed by atoms with E-state index in [4.69, 9.17) is 4.74 Å². The topological polar surface area (TPSA) is 99.0 Å². The molecule has 0 aliphatic heterocycles. The molecule has 172 valence electrons. The Labute approximate surface area is 193 Å². The molecule has 0 aliphatic carbocycles. The fourth-order valence-corrected chi connectivity index (χ4v) is 5.73. The number of benzene rings is 1. The van der Waals surface area contributed by atoms with Crippen molar-refractivity contribution in [3.8, 4) is 5.75 Å². The third-order valence-electron chi connectivity index (χ3n) is 4.61. The summed E-state index contributed by atoms with van der Waals surface area (Å²) in [5.74, 6) is -0.149. The molecule has 2 atom stereocenters. The summed E-state index contributed by atoms with van der Waals surface area (Å²) < 4.78 is 70.5. The van der Waals surface area contributed by atoms with Crippen molar-refractivity contribution in [2.24, 2.45) is 0 Å². The number of hydrogen-bond donors (Lipinski definition) is 0. The van der Waals surface area contributed by atoms with E-state index in [0.717, 1.165) is 0 Å². The van der Waals surface area contributed by atoms with Gasteiger partial charge in [0.25, 0.3) is 0 Å². The van der Waals surface area contributed by atoms with E-state index in [1.54, 1.807) is 49.5 Å². The number of nitrogens with zero attached hydrogens (tertiary/aromatic N) is 4. The summed E-state index contributed by atoms with van der Waals surface area (Å²) in [5, 5.41) is 0.0567. The molecule has 4 rings (SSSR count). The number of ether oxygens (including phenoxy) is 1. The van der Waals surface area contributed by atoms with Crippen LogP contribution < -0.4 is 4.74 Å². The van der Waals surface area contributed by atoms with Crippen LogP contribution >= 0.6 is 0 Å². The maximum Gasteiger partial charge on any atom is 0.422 e. The fraction of sp³-hybridized carbons (Fsp3) is 0.190. The van der Waals surface area contributed by atoms with Crippen LogP contribution in [0.3, 0.4) is 0 Å². The highest BCUT2D eigenvalue weighted by molar-refractivity contribution is 7.93. The molecule has 3 aromatic heterocycles. The molecule has 0 radical (unpaired) electrons. The van der Waals surface area contributed by atoms with E-state index in [-0.39, 0.29) is 16.7 Å². The number of aromatic nitrogens is 4. The molecule has 1 aromatic carbocycles. The standard InChI is InChI=1S/C21H17F3N4O3S2/c1-14-17(26-10-8-19(14)31-13-21(22,23)24)12-32(29)20-27-16-6-2-3-7-18(16)28(20)33(30)15-5-4-9-25-11-15/h2-11H,12-13H2,1H3. The van der Waals surface area contributed by atoms with E-state index in [0.29, 0.717) is 27.2 Å². The Hall–Kier alpha value is -2.80. The van der Waals surface area contributed by atoms with Gasteiger partial charge in [0.15, 0.2) is 17.3 Å². The first-order valence-corrected chi connectivity index (χ1v) is 12.0. The zero-order valence-electron chi connectivity index (χ0n) is 17.2. The van der Waals surface area contributed by atoms with Crippen LogP contribution in [0, 0.1) is 6.92 Å². The predicted octanol–water partition coefficient (Wildman–Crippen LogP) is 3.95. The van der Waals surface area contributed by atoms with E-state index in [1.807, 2.05) is 0 Å². The molecule has 3 heterocycles. The van der Waals surface area contributed by atoms with E-state index in [1.165, 1.54) is 22.4 Å². The lowest BCUT2D eigenvalue weighted by molar-refractivity contribution is -0.153. The predicted molar refractivity (Wildman–Crippen MR) is 116 cm³/mol. The van der Waals surface area contributed by atoms with Crippen LogP contribution in [0.25, 0.3) is 11.0 Å². The third kappa shape index (κ3) is 5.24. The van der Waals surface area contributed by atoms with Crippen molar-refractivity contribution in [3.05, 3.63) is 72.3 Å². The second kappa shape index (κ2) is 9.59. The third-order valence-corrected chi connectivity index (χ3v) is 7.29. The normalized spacial score (nSPS) is 13.8. The number of imidazole rings is 1. The maximum atomic E-state index is 13.3. The molecule has 0 aliphatic rings. The largest absolute Gasteiger partial charge is 0.609 e. The van der Waals surface area contributed by atoms with E-state index >= 15 is 0 Å². The first kappa shape index (κ1) is 23.4. The Balaban J connectivity index is 1.68. The van der Waals surface area contributed by atoms with Gasteiger partial charge in [-0.1, -0.05) is 16.1 Å². The van der Waals surface area contributed by atoms with Gasteiger partial charge >= 0.3 is 11.3 Å². The molecule has 0 saturated heterocycles. The number of para-hydroxylation sites is 2. The van der Waals surface area contributed by atoms with E-state index < -0.39 is 35.3 Å². The van der Waals surface area contributed by atoms with Crippen LogP contribution in [0.1, 0.15) is 11.3 Å². The molecule has 33 heavy (non-hydrogen) atoms. The highest BCUT2D eigenvalue weighted by Gasteiger charge is 2.32. The van der Waals surface area contributed by atoms with Gasteiger partial charge < -0.3 is 13.8 Å². The quantitative estimate of drug-likeness (QED) is 0.361. The van der Waals surface area contributed by atoms with Crippen LogP contribution in [0.15, 0.2) is 71.1 Å².